The molecular weight excluding hydrogens is 1270 g/mol. The molecular formula is C78H152O17P2. The summed E-state index contributed by atoms with van der Waals surface area (Å²) in [4.78, 5) is 72.9. The van der Waals surface area contributed by atoms with Gasteiger partial charge >= 0.3 is 39.5 Å². The minimum absolute atomic E-state index is 0.108. The van der Waals surface area contributed by atoms with Gasteiger partial charge < -0.3 is 33.8 Å². The summed E-state index contributed by atoms with van der Waals surface area (Å²) in [6, 6.07) is 0. The molecule has 0 rings (SSSR count). The quantitative estimate of drug-likeness (QED) is 0.0222. The van der Waals surface area contributed by atoms with E-state index in [0.29, 0.717) is 31.6 Å². The van der Waals surface area contributed by atoms with Crippen molar-refractivity contribution in [2.45, 2.75) is 432 Å². The number of phosphoric acid groups is 2. The third-order valence-corrected chi connectivity index (χ3v) is 20.2. The number of rotatable bonds is 78. The van der Waals surface area contributed by atoms with Crippen LogP contribution in [0.25, 0.3) is 0 Å². The Labute approximate surface area is 594 Å². The molecule has 0 aromatic carbocycles. The molecule has 17 nitrogen and oxygen atoms in total. The van der Waals surface area contributed by atoms with E-state index in [1.807, 2.05) is 0 Å². The number of unbranched alkanes of at least 4 members (excludes halogenated alkanes) is 50. The van der Waals surface area contributed by atoms with Crippen molar-refractivity contribution in [3.63, 3.8) is 0 Å². The summed E-state index contributed by atoms with van der Waals surface area (Å²) >= 11 is 0. The lowest BCUT2D eigenvalue weighted by Gasteiger charge is -2.21. The highest BCUT2D eigenvalue weighted by Crippen LogP contribution is 2.45. The normalized spacial score (nSPS) is 13.9. The van der Waals surface area contributed by atoms with Gasteiger partial charge in [-0.3, -0.25) is 37.3 Å². The van der Waals surface area contributed by atoms with Crippen LogP contribution in [0.15, 0.2) is 0 Å². The van der Waals surface area contributed by atoms with Gasteiger partial charge in [0, 0.05) is 25.7 Å². The molecule has 5 atom stereocenters. The van der Waals surface area contributed by atoms with Gasteiger partial charge in [-0.15, -0.1) is 0 Å². The maximum Gasteiger partial charge on any atom is 0.472 e. The van der Waals surface area contributed by atoms with Gasteiger partial charge in [-0.2, -0.15) is 0 Å². The first-order valence-electron chi connectivity index (χ1n) is 40.6. The average Bonchev–Trinajstić information content (AvgIpc) is 1.02. The maximum absolute atomic E-state index is 13.1. The molecule has 0 aliphatic carbocycles. The van der Waals surface area contributed by atoms with Crippen LogP contribution in [0.2, 0.25) is 0 Å². The summed E-state index contributed by atoms with van der Waals surface area (Å²) in [7, 11) is -9.91. The van der Waals surface area contributed by atoms with Gasteiger partial charge in [0.15, 0.2) is 12.2 Å². The highest BCUT2D eigenvalue weighted by molar-refractivity contribution is 7.47. The van der Waals surface area contributed by atoms with E-state index in [-0.39, 0.29) is 25.7 Å². The maximum atomic E-state index is 13.1. The van der Waals surface area contributed by atoms with Gasteiger partial charge in [0.1, 0.15) is 19.3 Å². The summed E-state index contributed by atoms with van der Waals surface area (Å²) in [5, 5.41) is 10.6. The molecule has 0 saturated heterocycles. The third kappa shape index (κ3) is 72.2. The van der Waals surface area contributed by atoms with Crippen molar-refractivity contribution in [3.8, 4) is 0 Å². The van der Waals surface area contributed by atoms with E-state index >= 15 is 0 Å². The van der Waals surface area contributed by atoms with Crippen LogP contribution < -0.4 is 0 Å². The monoisotopic (exact) mass is 1420 g/mol. The largest absolute Gasteiger partial charge is 0.472 e. The fourth-order valence-electron chi connectivity index (χ4n) is 12.1. The summed E-state index contributed by atoms with van der Waals surface area (Å²) in [5.74, 6) is -1.40. The smallest absolute Gasteiger partial charge is 0.462 e. The van der Waals surface area contributed by atoms with Crippen molar-refractivity contribution in [1.29, 1.82) is 0 Å². The molecule has 576 valence electrons. The van der Waals surface area contributed by atoms with Gasteiger partial charge in [-0.1, -0.05) is 362 Å². The summed E-state index contributed by atoms with van der Waals surface area (Å²) in [6.07, 6.45) is 61.0. The molecule has 0 aliphatic heterocycles. The van der Waals surface area contributed by atoms with Gasteiger partial charge in [-0.25, -0.2) is 9.13 Å². The predicted octanol–water partition coefficient (Wildman–Crippen LogP) is 23.3. The fraction of sp³-hybridized carbons (Fsp3) is 0.949. The van der Waals surface area contributed by atoms with Crippen LogP contribution in [0.5, 0.6) is 0 Å². The first-order chi connectivity index (χ1) is 47.0. The summed E-state index contributed by atoms with van der Waals surface area (Å²) in [5.41, 5.74) is 0. The van der Waals surface area contributed by atoms with Crippen molar-refractivity contribution in [1.82, 2.24) is 0 Å². The second-order valence-corrected chi connectivity index (χ2v) is 31.5. The van der Waals surface area contributed by atoms with E-state index in [9.17, 15) is 43.2 Å². The minimum atomic E-state index is -4.96. The molecule has 0 saturated carbocycles. The number of aliphatic hydroxyl groups is 1. The first kappa shape index (κ1) is 95.1. The van der Waals surface area contributed by atoms with E-state index in [1.54, 1.807) is 0 Å². The Morgan fingerprint density at radius 3 is 0.701 bits per heavy atom. The van der Waals surface area contributed by atoms with Crippen LogP contribution in [0.3, 0.4) is 0 Å². The van der Waals surface area contributed by atoms with Crippen molar-refractivity contribution in [2.24, 2.45) is 5.92 Å². The third-order valence-electron chi connectivity index (χ3n) is 18.3. The number of phosphoric ester groups is 2. The number of aliphatic hydroxyl groups excluding tert-OH is 1. The molecule has 0 radical (unpaired) electrons. The molecule has 2 unspecified atom stereocenters. The predicted molar refractivity (Wildman–Crippen MR) is 395 cm³/mol. The van der Waals surface area contributed by atoms with Crippen LogP contribution >= 0.6 is 15.6 Å². The highest BCUT2D eigenvalue weighted by atomic mass is 31.2. The van der Waals surface area contributed by atoms with Gasteiger partial charge in [0.25, 0.3) is 0 Å². The molecule has 0 aliphatic rings. The number of esters is 4. The minimum Gasteiger partial charge on any atom is -0.462 e. The molecule has 3 N–H and O–H groups in total. The molecule has 0 aromatic rings. The van der Waals surface area contributed by atoms with Crippen molar-refractivity contribution in [3.05, 3.63) is 0 Å². The number of carbonyl (C=O) groups excluding carboxylic acids is 4. The lowest BCUT2D eigenvalue weighted by atomic mass is 10.0. The molecule has 0 amide bonds. The van der Waals surface area contributed by atoms with E-state index in [0.717, 1.165) is 96.3 Å². The molecule has 0 spiro atoms. The zero-order chi connectivity index (χ0) is 71.2. The van der Waals surface area contributed by atoms with Crippen LogP contribution in [-0.4, -0.2) is 96.7 Å². The van der Waals surface area contributed by atoms with Crippen molar-refractivity contribution in [2.75, 3.05) is 39.6 Å². The number of hydrogen-bond donors (Lipinski definition) is 3. The van der Waals surface area contributed by atoms with Crippen LogP contribution in [-0.2, 0) is 65.4 Å². The Balaban J connectivity index is 5.24. The molecule has 0 heterocycles. The second kappa shape index (κ2) is 71.1. The van der Waals surface area contributed by atoms with E-state index in [4.69, 9.17) is 37.0 Å². The Bertz CT molecular complexity index is 1860. The molecule has 0 fully saturated rings. The topological polar surface area (TPSA) is 237 Å². The average molecular weight is 1420 g/mol. The standard InChI is InChI=1S/C78H152O17P2/c1-6-9-12-15-18-21-24-27-30-31-34-37-40-43-48-54-59-64-77(82)94-73(67-88-75(80)61-56-51-46-41-38-35-32-28-25-22-19-16-13-10-7-2)69-92-96(84,85)90-65-72(79)66-91-97(86,87)93-70-74(68-89-76(81)62-57-52-49-44-45-50-55-60-71(4)5)95-78(83)63-58-53-47-42-39-36-33-29-26-23-20-17-14-11-8-3/h71-74,79H,6-70H2,1-5H3,(H,84,85)(H,86,87)/t72-,73-,74-/m1/s1. The number of ether oxygens (including phenoxy) is 4. The lowest BCUT2D eigenvalue weighted by Crippen LogP contribution is -2.30. The van der Waals surface area contributed by atoms with Crippen molar-refractivity contribution < 1.29 is 80.2 Å². The molecule has 0 aromatic heterocycles. The summed E-state index contributed by atoms with van der Waals surface area (Å²) in [6.45, 7) is 7.27. The van der Waals surface area contributed by atoms with Crippen LogP contribution in [0.1, 0.15) is 413 Å². The second-order valence-electron chi connectivity index (χ2n) is 28.6. The Morgan fingerprint density at radius 2 is 0.474 bits per heavy atom. The summed E-state index contributed by atoms with van der Waals surface area (Å²) < 4.78 is 68.6. The van der Waals surface area contributed by atoms with E-state index in [2.05, 4.69) is 34.6 Å². The highest BCUT2D eigenvalue weighted by Gasteiger charge is 2.30. The lowest BCUT2D eigenvalue weighted by molar-refractivity contribution is -0.161. The molecule has 0 bridgehead atoms. The zero-order valence-electron chi connectivity index (χ0n) is 63.2. The number of carbonyl (C=O) groups is 4. The van der Waals surface area contributed by atoms with E-state index in [1.165, 1.54) is 231 Å². The zero-order valence-corrected chi connectivity index (χ0v) is 65.0. The Kier molecular flexibility index (Phi) is 69.6. The Hall–Kier alpha value is -1.94. The van der Waals surface area contributed by atoms with Gasteiger partial charge in [0.2, 0.25) is 0 Å². The number of hydrogen-bond acceptors (Lipinski definition) is 15. The molecule has 97 heavy (non-hydrogen) atoms. The SMILES string of the molecule is CCCCCCCCCCCCCCCCCCCC(=O)O[C@H](COC(=O)CCCCCCCCCCCCCCCCC)COP(=O)(O)OC[C@@H](O)COP(=O)(O)OC[C@@H](COC(=O)CCCCCCCCCC(C)C)OC(=O)CCCCCCCCCCCCCCCCC. The van der Waals surface area contributed by atoms with Crippen LogP contribution in [0, 0.1) is 5.92 Å². The Morgan fingerprint density at radius 1 is 0.278 bits per heavy atom. The van der Waals surface area contributed by atoms with Crippen LogP contribution in [0.4, 0.5) is 0 Å². The van der Waals surface area contributed by atoms with Crippen molar-refractivity contribution >= 4 is 39.5 Å². The van der Waals surface area contributed by atoms with Gasteiger partial charge in [0.05, 0.1) is 26.4 Å². The fourth-order valence-corrected chi connectivity index (χ4v) is 13.6. The van der Waals surface area contributed by atoms with E-state index < -0.39 is 97.5 Å². The first-order valence-corrected chi connectivity index (χ1v) is 43.6. The van der Waals surface area contributed by atoms with Gasteiger partial charge in [-0.05, 0) is 31.6 Å². The molecule has 19 heteroatoms.